The Bertz CT molecular complexity index is 715. The summed E-state index contributed by atoms with van der Waals surface area (Å²) in [6.07, 6.45) is 68.4. The number of hydrogen-bond acceptors (Lipinski definition) is 2. The number of rotatable bonds is 51. The minimum atomic E-state index is 0.0332. The van der Waals surface area contributed by atoms with Crippen molar-refractivity contribution >= 4 is 5.97 Å². The SMILES string of the molecule is CCCCCCCCCCCCCCCCCCCCCCCCCCCCCCCCCCCCC(=O)OCCCCCCCCCCCCCCCC(C)C. The van der Waals surface area contributed by atoms with Gasteiger partial charge < -0.3 is 4.74 Å². The Morgan fingerprint density at radius 1 is 0.298 bits per heavy atom. The Balaban J connectivity index is 3.13. The van der Waals surface area contributed by atoms with Gasteiger partial charge in [-0.2, -0.15) is 0 Å². The average molecular weight is 803 g/mol. The fourth-order valence-electron chi connectivity index (χ4n) is 8.86. The van der Waals surface area contributed by atoms with Crippen LogP contribution in [-0.2, 0) is 9.53 Å². The lowest BCUT2D eigenvalue weighted by molar-refractivity contribution is -0.143. The van der Waals surface area contributed by atoms with Gasteiger partial charge in [-0.05, 0) is 18.8 Å². The van der Waals surface area contributed by atoms with Gasteiger partial charge >= 0.3 is 5.97 Å². The van der Waals surface area contributed by atoms with E-state index in [1.54, 1.807) is 0 Å². The molecule has 0 unspecified atom stereocenters. The molecule has 57 heavy (non-hydrogen) atoms. The fourth-order valence-corrected chi connectivity index (χ4v) is 8.86. The predicted octanol–water partition coefficient (Wildman–Crippen LogP) is 20.3. The third-order valence-corrected chi connectivity index (χ3v) is 12.9. The molecule has 0 atom stereocenters. The molecule has 0 amide bonds. The number of carbonyl (C=O) groups is 1. The van der Waals surface area contributed by atoms with Gasteiger partial charge in [0, 0.05) is 6.42 Å². The molecule has 0 saturated heterocycles. The van der Waals surface area contributed by atoms with Gasteiger partial charge in [0.1, 0.15) is 0 Å². The Hall–Kier alpha value is -0.530. The van der Waals surface area contributed by atoms with Crippen molar-refractivity contribution in [1.82, 2.24) is 0 Å². The lowest BCUT2D eigenvalue weighted by Gasteiger charge is -2.06. The maximum atomic E-state index is 12.1. The van der Waals surface area contributed by atoms with Crippen LogP contribution < -0.4 is 0 Å². The van der Waals surface area contributed by atoms with E-state index in [4.69, 9.17) is 4.74 Å². The van der Waals surface area contributed by atoms with Crippen LogP contribution in [0.15, 0.2) is 0 Å². The van der Waals surface area contributed by atoms with Crippen LogP contribution >= 0.6 is 0 Å². The molecule has 0 spiro atoms. The van der Waals surface area contributed by atoms with E-state index >= 15 is 0 Å². The van der Waals surface area contributed by atoms with E-state index in [1.165, 1.54) is 295 Å². The Labute approximate surface area is 362 Å². The summed E-state index contributed by atoms with van der Waals surface area (Å²) in [5, 5.41) is 0. The number of esters is 1. The van der Waals surface area contributed by atoms with Gasteiger partial charge in [0.25, 0.3) is 0 Å². The van der Waals surface area contributed by atoms with Crippen molar-refractivity contribution in [3.63, 3.8) is 0 Å². The number of hydrogen-bond donors (Lipinski definition) is 0. The molecule has 0 aromatic rings. The predicted molar refractivity (Wildman–Crippen MR) is 258 cm³/mol. The zero-order chi connectivity index (χ0) is 41.2. The summed E-state index contributed by atoms with van der Waals surface area (Å²) in [6, 6.07) is 0. The third kappa shape index (κ3) is 53.5. The molecule has 0 bridgehead atoms. The minimum absolute atomic E-state index is 0.0332. The van der Waals surface area contributed by atoms with Crippen LogP contribution in [0.2, 0.25) is 0 Å². The van der Waals surface area contributed by atoms with Crippen molar-refractivity contribution in [2.45, 2.75) is 335 Å². The zero-order valence-corrected chi connectivity index (χ0v) is 40.2. The summed E-state index contributed by atoms with van der Waals surface area (Å²) in [5.41, 5.74) is 0. The second-order valence-corrected chi connectivity index (χ2v) is 19.4. The summed E-state index contributed by atoms with van der Waals surface area (Å²) in [6.45, 7) is 7.61. The first-order chi connectivity index (χ1) is 28.2. The number of ether oxygens (including phenoxy) is 1. The topological polar surface area (TPSA) is 26.3 Å². The molecule has 0 fully saturated rings. The lowest BCUT2D eigenvalue weighted by Crippen LogP contribution is -2.05. The van der Waals surface area contributed by atoms with Crippen molar-refractivity contribution in [3.8, 4) is 0 Å². The largest absolute Gasteiger partial charge is 0.466 e. The van der Waals surface area contributed by atoms with Crippen molar-refractivity contribution in [2.24, 2.45) is 5.92 Å². The van der Waals surface area contributed by atoms with Gasteiger partial charge in [0.2, 0.25) is 0 Å². The van der Waals surface area contributed by atoms with Crippen molar-refractivity contribution in [3.05, 3.63) is 0 Å². The highest BCUT2D eigenvalue weighted by Crippen LogP contribution is 2.18. The molecular weight excluding hydrogens is 693 g/mol. The highest BCUT2D eigenvalue weighted by Gasteiger charge is 2.03. The molecule has 0 aliphatic rings. The second-order valence-electron chi connectivity index (χ2n) is 19.4. The van der Waals surface area contributed by atoms with Gasteiger partial charge in [-0.15, -0.1) is 0 Å². The van der Waals surface area contributed by atoms with Crippen LogP contribution in [0, 0.1) is 5.92 Å². The molecule has 2 nitrogen and oxygen atoms in total. The molecule has 0 heterocycles. The van der Waals surface area contributed by atoms with Gasteiger partial charge in [0.15, 0.2) is 0 Å². The number of carbonyl (C=O) groups excluding carboxylic acids is 1. The van der Waals surface area contributed by atoms with E-state index in [9.17, 15) is 4.79 Å². The van der Waals surface area contributed by atoms with Crippen molar-refractivity contribution < 1.29 is 9.53 Å². The molecule has 0 radical (unpaired) electrons. The van der Waals surface area contributed by atoms with Crippen molar-refractivity contribution in [2.75, 3.05) is 6.61 Å². The Kier molecular flexibility index (Phi) is 51.1. The molecule has 0 aromatic heterocycles. The van der Waals surface area contributed by atoms with E-state index in [2.05, 4.69) is 20.8 Å². The van der Waals surface area contributed by atoms with Crippen LogP contribution in [-0.4, -0.2) is 12.6 Å². The summed E-state index contributed by atoms with van der Waals surface area (Å²) in [5.74, 6) is 0.905. The van der Waals surface area contributed by atoms with E-state index in [0.29, 0.717) is 13.0 Å². The molecule has 0 N–H and O–H groups in total. The highest BCUT2D eigenvalue weighted by atomic mass is 16.5. The van der Waals surface area contributed by atoms with Crippen LogP contribution in [0.5, 0.6) is 0 Å². The maximum absolute atomic E-state index is 12.1. The summed E-state index contributed by atoms with van der Waals surface area (Å²) < 4.78 is 5.49. The van der Waals surface area contributed by atoms with Gasteiger partial charge in [-0.25, -0.2) is 0 Å². The smallest absolute Gasteiger partial charge is 0.305 e. The first-order valence-electron chi connectivity index (χ1n) is 27.3. The summed E-state index contributed by atoms with van der Waals surface area (Å²) in [7, 11) is 0. The van der Waals surface area contributed by atoms with E-state index < -0.39 is 0 Å². The molecule has 0 rings (SSSR count). The molecule has 0 saturated carbocycles. The molecule has 342 valence electrons. The van der Waals surface area contributed by atoms with Crippen LogP contribution in [0.1, 0.15) is 335 Å². The van der Waals surface area contributed by atoms with E-state index in [0.717, 1.165) is 18.8 Å². The van der Waals surface area contributed by atoms with Crippen LogP contribution in [0.25, 0.3) is 0 Å². The zero-order valence-electron chi connectivity index (χ0n) is 40.2. The Morgan fingerprint density at radius 2 is 0.509 bits per heavy atom. The van der Waals surface area contributed by atoms with Gasteiger partial charge in [0.05, 0.1) is 6.61 Å². The van der Waals surface area contributed by atoms with Gasteiger partial charge in [-0.3, -0.25) is 4.79 Å². The third-order valence-electron chi connectivity index (χ3n) is 12.9. The number of unbranched alkanes of at least 4 members (excludes halogenated alkanes) is 45. The molecule has 2 heteroatoms. The van der Waals surface area contributed by atoms with Crippen LogP contribution in [0.3, 0.4) is 0 Å². The molecule has 0 aliphatic carbocycles. The highest BCUT2D eigenvalue weighted by molar-refractivity contribution is 5.69. The average Bonchev–Trinajstić information content (AvgIpc) is 3.20. The normalized spacial score (nSPS) is 11.6. The summed E-state index contributed by atoms with van der Waals surface area (Å²) in [4.78, 5) is 12.1. The van der Waals surface area contributed by atoms with Crippen LogP contribution in [0.4, 0.5) is 0 Å². The monoisotopic (exact) mass is 803 g/mol. The van der Waals surface area contributed by atoms with Gasteiger partial charge in [-0.1, -0.05) is 316 Å². The lowest BCUT2D eigenvalue weighted by atomic mass is 10.0. The first kappa shape index (κ1) is 56.5. The molecular formula is C55H110O2. The molecule has 0 aliphatic heterocycles. The van der Waals surface area contributed by atoms with Crippen molar-refractivity contribution in [1.29, 1.82) is 0 Å². The molecule has 0 aromatic carbocycles. The summed E-state index contributed by atoms with van der Waals surface area (Å²) >= 11 is 0. The minimum Gasteiger partial charge on any atom is -0.466 e. The first-order valence-corrected chi connectivity index (χ1v) is 27.3. The quantitative estimate of drug-likeness (QED) is 0.0452. The van der Waals surface area contributed by atoms with E-state index in [-0.39, 0.29) is 5.97 Å². The Morgan fingerprint density at radius 3 is 0.754 bits per heavy atom. The standard InChI is InChI=1S/C55H110O2/c1-4-5-6-7-8-9-10-11-12-13-14-15-16-17-18-19-20-21-22-23-24-25-26-27-28-29-30-31-34-37-40-43-46-49-52-55(56)57-53-50-47-44-41-38-35-32-33-36-39-42-45-48-51-54(2)3/h54H,4-53H2,1-3H3. The maximum Gasteiger partial charge on any atom is 0.305 e. The second kappa shape index (κ2) is 51.6. The van der Waals surface area contributed by atoms with E-state index in [1.807, 2.05) is 0 Å². The fraction of sp³-hybridized carbons (Fsp3) is 0.982.